The van der Waals surface area contributed by atoms with E-state index in [4.69, 9.17) is 0 Å². The molecule has 0 aliphatic carbocycles. The van der Waals surface area contributed by atoms with Crippen molar-refractivity contribution in [3.63, 3.8) is 0 Å². The number of halogens is 3. The molecule has 1 saturated heterocycles. The van der Waals surface area contributed by atoms with E-state index in [1.54, 1.807) is 0 Å². The average Bonchev–Trinajstić information content (AvgIpc) is 2.81. The van der Waals surface area contributed by atoms with Crippen LogP contribution in [0.4, 0.5) is 23.7 Å². The van der Waals surface area contributed by atoms with Crippen molar-refractivity contribution in [1.82, 2.24) is 10.2 Å². The Morgan fingerprint density at radius 1 is 1.29 bits per heavy atom. The molecule has 4 amide bonds. The van der Waals surface area contributed by atoms with E-state index in [0.717, 1.165) is 6.07 Å². The molecule has 10 heteroatoms. The highest BCUT2D eigenvalue weighted by atomic mass is 32.2. The van der Waals surface area contributed by atoms with E-state index in [2.05, 4.69) is 5.32 Å². The largest absolute Gasteiger partial charge is 0.326 e. The van der Waals surface area contributed by atoms with E-state index in [1.165, 1.54) is 11.8 Å². The van der Waals surface area contributed by atoms with E-state index in [1.807, 2.05) is 11.6 Å². The van der Waals surface area contributed by atoms with Crippen LogP contribution >= 0.6 is 11.8 Å². The number of benzene rings is 1. The van der Waals surface area contributed by atoms with Crippen LogP contribution in [-0.4, -0.2) is 47.3 Å². The van der Waals surface area contributed by atoms with Crippen molar-refractivity contribution in [3.8, 4) is 0 Å². The lowest BCUT2D eigenvalue weighted by Crippen LogP contribution is -2.38. The number of amides is 4. The molecule has 0 aromatic heterocycles. The fourth-order valence-corrected chi connectivity index (χ4v) is 2.59. The molecule has 0 saturated carbocycles. The van der Waals surface area contributed by atoms with Gasteiger partial charge in [-0.25, -0.2) is 18.0 Å². The first kappa shape index (κ1) is 18.1. The third kappa shape index (κ3) is 3.81. The Morgan fingerprint density at radius 3 is 2.67 bits per heavy atom. The molecule has 6 nitrogen and oxygen atoms in total. The van der Waals surface area contributed by atoms with Gasteiger partial charge in [0.05, 0.1) is 5.69 Å². The highest BCUT2D eigenvalue weighted by Crippen LogP contribution is 2.20. The number of imide groups is 1. The van der Waals surface area contributed by atoms with Gasteiger partial charge in [0.1, 0.15) is 12.6 Å². The van der Waals surface area contributed by atoms with Crippen LogP contribution in [0.5, 0.6) is 0 Å². The molecular formula is C14H14F3N3O3S. The fourth-order valence-electron chi connectivity index (χ4n) is 2.11. The number of rotatable bonds is 6. The monoisotopic (exact) mass is 361 g/mol. The first-order valence-corrected chi connectivity index (χ1v) is 8.28. The molecule has 1 fully saturated rings. The minimum Gasteiger partial charge on any atom is -0.326 e. The number of nitrogens with one attached hydrogen (secondary N) is 2. The van der Waals surface area contributed by atoms with Crippen molar-refractivity contribution in [1.29, 1.82) is 0 Å². The van der Waals surface area contributed by atoms with Crippen LogP contribution in [0.3, 0.4) is 0 Å². The zero-order valence-corrected chi connectivity index (χ0v) is 13.4. The topological polar surface area (TPSA) is 78.5 Å². The number of urea groups is 1. The maximum atomic E-state index is 13.5. The molecule has 130 valence electrons. The average molecular weight is 361 g/mol. The normalized spacial score (nSPS) is 17.2. The van der Waals surface area contributed by atoms with Crippen LogP contribution in [0.15, 0.2) is 12.1 Å². The van der Waals surface area contributed by atoms with Crippen molar-refractivity contribution in [2.45, 2.75) is 12.5 Å². The number of hydrogen-bond donors (Lipinski definition) is 2. The van der Waals surface area contributed by atoms with E-state index >= 15 is 0 Å². The summed E-state index contributed by atoms with van der Waals surface area (Å²) in [5.74, 6) is -5.49. The number of anilines is 1. The summed E-state index contributed by atoms with van der Waals surface area (Å²) in [7, 11) is 0. The fraction of sp³-hybridized carbons (Fsp3) is 0.357. The van der Waals surface area contributed by atoms with Gasteiger partial charge in [-0.1, -0.05) is 0 Å². The number of hydrogen-bond acceptors (Lipinski definition) is 4. The van der Waals surface area contributed by atoms with Gasteiger partial charge in [-0.15, -0.1) is 0 Å². The lowest BCUT2D eigenvalue weighted by Gasteiger charge is -2.13. The maximum Gasteiger partial charge on any atom is 0.325 e. The third-order valence-electron chi connectivity index (χ3n) is 3.33. The molecule has 2 rings (SSSR count). The van der Waals surface area contributed by atoms with Gasteiger partial charge in [0, 0.05) is 0 Å². The van der Waals surface area contributed by atoms with Gasteiger partial charge in [-0.05, 0) is 30.6 Å². The molecule has 0 radical (unpaired) electrons. The van der Waals surface area contributed by atoms with Crippen LogP contribution < -0.4 is 10.6 Å². The lowest BCUT2D eigenvalue weighted by molar-refractivity contribution is -0.130. The van der Waals surface area contributed by atoms with Gasteiger partial charge < -0.3 is 10.6 Å². The number of carbonyl (C=O) groups excluding carboxylic acids is 3. The molecule has 2 N–H and O–H groups in total. The van der Waals surface area contributed by atoms with E-state index in [0.29, 0.717) is 23.1 Å². The van der Waals surface area contributed by atoms with Crippen molar-refractivity contribution < 1.29 is 27.6 Å². The molecule has 0 bridgehead atoms. The van der Waals surface area contributed by atoms with Crippen LogP contribution in [0.2, 0.25) is 0 Å². The van der Waals surface area contributed by atoms with Crippen LogP contribution in [0, 0.1) is 17.5 Å². The minimum atomic E-state index is -1.72. The second-order valence-electron chi connectivity index (χ2n) is 4.98. The smallest absolute Gasteiger partial charge is 0.325 e. The quantitative estimate of drug-likeness (QED) is 0.597. The SMILES string of the molecule is CSCC[C@@H]1NC(=O)N(CC(=O)Nc2ccc(F)c(F)c2F)C1=O. The van der Waals surface area contributed by atoms with Gasteiger partial charge in [0.2, 0.25) is 5.91 Å². The Balaban J connectivity index is 2.01. The summed E-state index contributed by atoms with van der Waals surface area (Å²) in [6, 6.07) is 0.0590. The third-order valence-corrected chi connectivity index (χ3v) is 3.97. The molecule has 0 spiro atoms. The van der Waals surface area contributed by atoms with Crippen molar-refractivity contribution in [3.05, 3.63) is 29.6 Å². The van der Waals surface area contributed by atoms with Gasteiger partial charge in [0.15, 0.2) is 17.5 Å². The summed E-state index contributed by atoms with van der Waals surface area (Å²) in [6.45, 7) is -0.654. The summed E-state index contributed by atoms with van der Waals surface area (Å²) in [5, 5.41) is 4.45. The standard InChI is InChI=1S/C14H14F3N3O3S/c1-24-5-4-9-13(22)20(14(23)19-9)6-10(21)18-8-3-2-7(15)11(16)12(8)17/h2-3,9H,4-6H2,1H3,(H,18,21)(H,19,23)/t9-/m0/s1. The van der Waals surface area contributed by atoms with Crippen LogP contribution in [-0.2, 0) is 9.59 Å². The number of nitrogens with zero attached hydrogens (tertiary/aromatic N) is 1. The first-order chi connectivity index (χ1) is 11.3. The Kier molecular flexibility index (Phi) is 5.71. The molecule has 1 aliphatic heterocycles. The predicted molar refractivity (Wildman–Crippen MR) is 82.0 cm³/mol. The number of thioether (sulfide) groups is 1. The predicted octanol–water partition coefficient (Wildman–Crippen LogP) is 1.72. The summed E-state index contributed by atoms with van der Waals surface area (Å²) in [6.07, 6.45) is 2.27. The highest BCUT2D eigenvalue weighted by molar-refractivity contribution is 7.98. The summed E-state index contributed by atoms with van der Waals surface area (Å²) in [4.78, 5) is 36.3. The minimum absolute atomic E-state index is 0.418. The second-order valence-corrected chi connectivity index (χ2v) is 5.96. The van der Waals surface area contributed by atoms with E-state index in [9.17, 15) is 27.6 Å². The molecular weight excluding hydrogens is 347 g/mol. The Bertz CT molecular complexity index is 687. The number of carbonyl (C=O) groups is 3. The Hall–Kier alpha value is -2.23. The highest BCUT2D eigenvalue weighted by Gasteiger charge is 2.38. The Morgan fingerprint density at radius 2 is 2.00 bits per heavy atom. The molecule has 1 heterocycles. The summed E-state index contributed by atoms with van der Waals surface area (Å²) < 4.78 is 39.4. The molecule has 24 heavy (non-hydrogen) atoms. The van der Waals surface area contributed by atoms with Gasteiger partial charge >= 0.3 is 6.03 Å². The second kappa shape index (κ2) is 7.56. The Labute approximate surface area is 139 Å². The molecule has 0 unspecified atom stereocenters. The molecule has 1 aromatic carbocycles. The molecule has 1 atom stereocenters. The van der Waals surface area contributed by atoms with E-state index < -0.39 is 53.6 Å². The van der Waals surface area contributed by atoms with Crippen molar-refractivity contribution >= 4 is 35.3 Å². The first-order valence-electron chi connectivity index (χ1n) is 6.89. The van der Waals surface area contributed by atoms with Crippen molar-refractivity contribution in [2.24, 2.45) is 0 Å². The zero-order valence-electron chi connectivity index (χ0n) is 12.6. The molecule has 1 aliphatic rings. The molecule has 1 aromatic rings. The van der Waals surface area contributed by atoms with Crippen LogP contribution in [0.1, 0.15) is 6.42 Å². The summed E-state index contributed by atoms with van der Waals surface area (Å²) in [5.41, 5.74) is -0.579. The van der Waals surface area contributed by atoms with Gasteiger partial charge in [-0.2, -0.15) is 11.8 Å². The maximum absolute atomic E-state index is 13.5. The lowest BCUT2D eigenvalue weighted by atomic mass is 10.2. The van der Waals surface area contributed by atoms with Gasteiger partial charge in [-0.3, -0.25) is 14.5 Å². The zero-order chi connectivity index (χ0) is 17.9. The van der Waals surface area contributed by atoms with Crippen LogP contribution in [0.25, 0.3) is 0 Å². The van der Waals surface area contributed by atoms with Gasteiger partial charge in [0.25, 0.3) is 5.91 Å². The summed E-state index contributed by atoms with van der Waals surface area (Å²) >= 11 is 1.50. The van der Waals surface area contributed by atoms with E-state index in [-0.39, 0.29) is 0 Å². The van der Waals surface area contributed by atoms with Crippen molar-refractivity contribution in [2.75, 3.05) is 23.9 Å².